The topological polar surface area (TPSA) is 8.82 Å². The average molecular weight is 288 g/mol. The summed E-state index contributed by atoms with van der Waals surface area (Å²) in [6.07, 6.45) is 4.34. The van der Waals surface area contributed by atoms with Gasteiger partial charge in [-0.1, -0.05) is 12.1 Å². The van der Waals surface area contributed by atoms with Crippen LogP contribution >= 0.6 is 0 Å². The second-order valence-corrected chi connectivity index (χ2v) is 6.11. The fourth-order valence-corrected chi connectivity index (χ4v) is 3.57. The van der Waals surface area contributed by atoms with Crippen molar-refractivity contribution in [2.45, 2.75) is 27.7 Å². The van der Waals surface area contributed by atoms with Gasteiger partial charge in [0.2, 0.25) is 0 Å². The SMILES string of the molecule is Cc1c(C)c2ccccn2c1-c1c(C)c(C)c2ccccn12. The van der Waals surface area contributed by atoms with Crippen molar-refractivity contribution in [3.63, 3.8) is 0 Å². The minimum absolute atomic E-state index is 1.29. The summed E-state index contributed by atoms with van der Waals surface area (Å²) in [6, 6.07) is 12.8. The maximum absolute atomic E-state index is 2.33. The Bertz CT molecular complexity index is 931. The van der Waals surface area contributed by atoms with Crippen LogP contribution in [-0.2, 0) is 0 Å². The molecule has 4 aromatic rings. The lowest BCUT2D eigenvalue weighted by Crippen LogP contribution is -1.94. The van der Waals surface area contributed by atoms with E-state index >= 15 is 0 Å². The number of hydrogen-bond acceptors (Lipinski definition) is 0. The molecule has 0 aliphatic carbocycles. The van der Waals surface area contributed by atoms with Crippen molar-refractivity contribution in [2.75, 3.05) is 0 Å². The molecule has 22 heavy (non-hydrogen) atoms. The molecule has 4 rings (SSSR count). The van der Waals surface area contributed by atoms with Gasteiger partial charge in [0.05, 0.1) is 11.4 Å². The van der Waals surface area contributed by atoms with Gasteiger partial charge in [-0.05, 0) is 74.2 Å². The first-order valence-corrected chi connectivity index (χ1v) is 7.74. The third-order valence-corrected chi connectivity index (χ3v) is 5.03. The van der Waals surface area contributed by atoms with Gasteiger partial charge in [0.1, 0.15) is 0 Å². The molecule has 0 spiro atoms. The van der Waals surface area contributed by atoms with Crippen molar-refractivity contribution in [3.8, 4) is 11.4 Å². The Hall–Kier alpha value is -2.48. The minimum Gasteiger partial charge on any atom is -0.315 e. The smallest absolute Gasteiger partial charge is 0.0732 e. The molecule has 2 nitrogen and oxygen atoms in total. The van der Waals surface area contributed by atoms with Crippen molar-refractivity contribution in [1.29, 1.82) is 0 Å². The number of nitrogens with zero attached hydrogens (tertiary/aromatic N) is 2. The van der Waals surface area contributed by atoms with Gasteiger partial charge in [0, 0.05) is 23.4 Å². The van der Waals surface area contributed by atoms with Gasteiger partial charge >= 0.3 is 0 Å². The highest BCUT2D eigenvalue weighted by atomic mass is 15.0. The number of aromatic nitrogens is 2. The first-order valence-electron chi connectivity index (χ1n) is 7.74. The lowest BCUT2D eigenvalue weighted by Gasteiger charge is -2.07. The molecule has 0 saturated carbocycles. The minimum atomic E-state index is 1.29. The summed E-state index contributed by atoms with van der Waals surface area (Å²) in [7, 11) is 0. The van der Waals surface area contributed by atoms with Gasteiger partial charge < -0.3 is 8.80 Å². The van der Waals surface area contributed by atoms with Crippen molar-refractivity contribution in [2.24, 2.45) is 0 Å². The van der Waals surface area contributed by atoms with Crippen molar-refractivity contribution < 1.29 is 0 Å². The Balaban J connectivity index is 2.22. The maximum Gasteiger partial charge on any atom is 0.0732 e. The molecular formula is C20H20N2. The largest absolute Gasteiger partial charge is 0.315 e. The van der Waals surface area contributed by atoms with E-state index in [9.17, 15) is 0 Å². The third-order valence-electron chi connectivity index (χ3n) is 5.03. The van der Waals surface area contributed by atoms with Gasteiger partial charge in [-0.15, -0.1) is 0 Å². The predicted octanol–water partition coefficient (Wildman–Crippen LogP) is 5.09. The van der Waals surface area contributed by atoms with E-state index < -0.39 is 0 Å². The van der Waals surface area contributed by atoms with E-state index in [2.05, 4.69) is 85.3 Å². The van der Waals surface area contributed by atoms with E-state index in [4.69, 9.17) is 0 Å². The van der Waals surface area contributed by atoms with Gasteiger partial charge in [0.25, 0.3) is 0 Å². The molecule has 0 N–H and O–H groups in total. The zero-order chi connectivity index (χ0) is 15.4. The molecule has 0 saturated heterocycles. The summed E-state index contributed by atoms with van der Waals surface area (Å²) in [5, 5.41) is 0. The molecule has 0 bridgehead atoms. The van der Waals surface area contributed by atoms with Crippen LogP contribution in [0, 0.1) is 27.7 Å². The third kappa shape index (κ3) is 1.55. The standard InChI is InChI=1S/C20H20N2/c1-13-15(3)19(21-11-7-5-9-17(13)21)20-16(4)14(2)18-10-6-8-12-22(18)20/h5-12H,1-4H3. The summed E-state index contributed by atoms with van der Waals surface area (Å²) >= 11 is 0. The molecule has 0 fully saturated rings. The van der Waals surface area contributed by atoms with Crippen LogP contribution in [0.15, 0.2) is 48.8 Å². The second-order valence-electron chi connectivity index (χ2n) is 6.11. The summed E-state index contributed by atoms with van der Waals surface area (Å²) in [6.45, 7) is 8.89. The molecular weight excluding hydrogens is 268 g/mol. The fraction of sp³-hybridized carbons (Fsp3) is 0.200. The van der Waals surface area contributed by atoms with Crippen LogP contribution in [0.3, 0.4) is 0 Å². The molecule has 0 radical (unpaired) electrons. The summed E-state index contributed by atoms with van der Waals surface area (Å²) < 4.78 is 4.65. The molecule has 0 amide bonds. The summed E-state index contributed by atoms with van der Waals surface area (Å²) in [5.74, 6) is 0. The summed E-state index contributed by atoms with van der Waals surface area (Å²) in [5.41, 5.74) is 10.6. The number of rotatable bonds is 1. The van der Waals surface area contributed by atoms with E-state index in [0.29, 0.717) is 0 Å². The van der Waals surface area contributed by atoms with Crippen LogP contribution in [0.4, 0.5) is 0 Å². The van der Waals surface area contributed by atoms with Gasteiger partial charge in [0.15, 0.2) is 0 Å². The molecule has 0 aromatic carbocycles. The molecule has 4 heterocycles. The molecule has 0 aliphatic rings. The van der Waals surface area contributed by atoms with Gasteiger partial charge in [-0.25, -0.2) is 0 Å². The van der Waals surface area contributed by atoms with Gasteiger partial charge in [-0.2, -0.15) is 0 Å². The fourth-order valence-electron chi connectivity index (χ4n) is 3.57. The highest BCUT2D eigenvalue weighted by Gasteiger charge is 2.20. The number of fused-ring (bicyclic) bond motifs is 2. The molecule has 4 aromatic heterocycles. The predicted molar refractivity (Wildman–Crippen MR) is 92.7 cm³/mol. The van der Waals surface area contributed by atoms with Crippen LogP contribution in [0.5, 0.6) is 0 Å². The Morgan fingerprint density at radius 3 is 1.36 bits per heavy atom. The average Bonchev–Trinajstić information content (AvgIpc) is 2.94. The van der Waals surface area contributed by atoms with Crippen LogP contribution < -0.4 is 0 Å². The highest BCUT2D eigenvalue weighted by molar-refractivity contribution is 5.80. The highest BCUT2D eigenvalue weighted by Crippen LogP contribution is 2.36. The Morgan fingerprint density at radius 2 is 0.955 bits per heavy atom. The van der Waals surface area contributed by atoms with E-state index in [1.165, 1.54) is 44.7 Å². The number of pyridine rings is 2. The molecule has 110 valence electrons. The van der Waals surface area contributed by atoms with Gasteiger partial charge in [-0.3, -0.25) is 0 Å². The van der Waals surface area contributed by atoms with Crippen molar-refractivity contribution >= 4 is 11.0 Å². The van der Waals surface area contributed by atoms with E-state index in [0.717, 1.165) is 0 Å². The normalized spacial score (nSPS) is 11.6. The van der Waals surface area contributed by atoms with E-state index in [1.54, 1.807) is 0 Å². The van der Waals surface area contributed by atoms with E-state index in [1.807, 2.05) is 0 Å². The van der Waals surface area contributed by atoms with Crippen LogP contribution in [0.1, 0.15) is 22.3 Å². The zero-order valence-electron chi connectivity index (χ0n) is 13.5. The Labute approximate surface area is 130 Å². The quantitative estimate of drug-likeness (QED) is 0.461. The Morgan fingerprint density at radius 1 is 0.545 bits per heavy atom. The monoisotopic (exact) mass is 288 g/mol. The summed E-state index contributed by atoms with van der Waals surface area (Å²) in [4.78, 5) is 0. The van der Waals surface area contributed by atoms with Crippen LogP contribution in [0.25, 0.3) is 22.4 Å². The molecule has 2 heteroatoms. The first-order chi connectivity index (χ1) is 10.6. The number of aryl methyl sites for hydroxylation is 2. The number of hydrogen-bond donors (Lipinski definition) is 0. The Kier molecular flexibility index (Phi) is 2.70. The van der Waals surface area contributed by atoms with Crippen molar-refractivity contribution in [1.82, 2.24) is 8.80 Å². The lowest BCUT2D eigenvalue weighted by molar-refractivity contribution is 1.12. The van der Waals surface area contributed by atoms with Crippen molar-refractivity contribution in [3.05, 3.63) is 71.0 Å². The zero-order valence-corrected chi connectivity index (χ0v) is 13.5. The molecule has 0 aliphatic heterocycles. The maximum atomic E-state index is 2.33. The van der Waals surface area contributed by atoms with Crippen LogP contribution in [0.2, 0.25) is 0 Å². The van der Waals surface area contributed by atoms with E-state index in [-0.39, 0.29) is 0 Å². The second kappa shape index (κ2) is 4.51. The first kappa shape index (κ1) is 13.2. The van der Waals surface area contributed by atoms with Crippen LogP contribution in [-0.4, -0.2) is 8.80 Å². The molecule has 0 unspecified atom stereocenters. The lowest BCUT2D eigenvalue weighted by atomic mass is 10.1. The molecule has 0 atom stereocenters.